The zero-order valence-corrected chi connectivity index (χ0v) is 25.9. The molecule has 10 heteroatoms. The highest BCUT2D eigenvalue weighted by atomic mass is 16.6. The number of benzene rings is 2. The third kappa shape index (κ3) is 7.32. The van der Waals surface area contributed by atoms with Crippen LogP contribution in [-0.4, -0.2) is 80.4 Å². The second kappa shape index (κ2) is 14.0. The van der Waals surface area contributed by atoms with E-state index in [4.69, 9.17) is 0 Å². The van der Waals surface area contributed by atoms with E-state index in [2.05, 4.69) is 70.2 Å². The molecule has 43 heavy (non-hydrogen) atoms. The van der Waals surface area contributed by atoms with Crippen LogP contribution in [0.3, 0.4) is 0 Å². The zero-order valence-electron chi connectivity index (χ0n) is 25.9. The predicted octanol–water partition coefficient (Wildman–Crippen LogP) is 3.68. The number of non-ortho nitro benzene ring substituents is 1. The second-order valence-corrected chi connectivity index (χ2v) is 11.9. The number of nitrogens with zero attached hydrogens (tertiary/aromatic N) is 3. The summed E-state index contributed by atoms with van der Waals surface area (Å²) in [6, 6.07) is 16.9. The summed E-state index contributed by atoms with van der Waals surface area (Å²) in [7, 11) is 5.82. The highest BCUT2D eigenvalue weighted by Gasteiger charge is 2.37. The van der Waals surface area contributed by atoms with E-state index in [0.717, 1.165) is 45.4 Å². The number of nitro groups is 1. The van der Waals surface area contributed by atoms with Crippen molar-refractivity contribution < 1.29 is 14.5 Å². The van der Waals surface area contributed by atoms with Crippen LogP contribution in [0.15, 0.2) is 77.1 Å². The molecule has 0 radical (unpaired) electrons. The van der Waals surface area contributed by atoms with E-state index in [1.54, 1.807) is 26.1 Å². The Morgan fingerprint density at radius 1 is 1.00 bits per heavy atom. The van der Waals surface area contributed by atoms with Crippen molar-refractivity contribution in [2.45, 2.75) is 44.4 Å². The van der Waals surface area contributed by atoms with Gasteiger partial charge in [0.05, 0.1) is 4.92 Å². The maximum atomic E-state index is 13.6. The minimum Gasteiger partial charge on any atom is -0.362 e. The van der Waals surface area contributed by atoms with Crippen molar-refractivity contribution in [1.29, 1.82) is 0 Å². The molecule has 2 aromatic carbocycles. The number of likely N-dealkylation sites (tertiary alicyclic amines) is 1. The van der Waals surface area contributed by atoms with E-state index in [9.17, 15) is 19.7 Å². The molecule has 1 unspecified atom stereocenters. The maximum absolute atomic E-state index is 13.6. The molecule has 10 nitrogen and oxygen atoms in total. The summed E-state index contributed by atoms with van der Waals surface area (Å²) in [6.07, 6.45) is 2.98. The van der Waals surface area contributed by atoms with Crippen molar-refractivity contribution in [2.24, 2.45) is 0 Å². The van der Waals surface area contributed by atoms with Gasteiger partial charge in [-0.3, -0.25) is 19.7 Å². The van der Waals surface area contributed by atoms with Gasteiger partial charge >= 0.3 is 0 Å². The Bertz CT molecular complexity index is 1380. The van der Waals surface area contributed by atoms with Gasteiger partial charge < -0.3 is 25.8 Å². The lowest BCUT2D eigenvalue weighted by molar-refractivity contribution is -0.384. The molecule has 1 fully saturated rings. The molecular weight excluding hydrogens is 544 g/mol. The van der Waals surface area contributed by atoms with Crippen LogP contribution in [-0.2, 0) is 15.0 Å². The lowest BCUT2D eigenvalue weighted by Crippen LogP contribution is -2.48. The fourth-order valence-corrected chi connectivity index (χ4v) is 6.59. The molecule has 230 valence electrons. The molecule has 2 aliphatic rings. The lowest BCUT2D eigenvalue weighted by Gasteiger charge is -2.44. The Kier molecular flexibility index (Phi) is 10.4. The molecule has 0 aromatic heterocycles. The summed E-state index contributed by atoms with van der Waals surface area (Å²) in [6.45, 7) is 8.03. The maximum Gasteiger partial charge on any atom is 0.269 e. The van der Waals surface area contributed by atoms with Crippen LogP contribution in [0.4, 0.5) is 5.69 Å². The van der Waals surface area contributed by atoms with Gasteiger partial charge in [0.15, 0.2) is 0 Å². The number of hydrogen-bond donors (Lipinski definition) is 3. The first kappa shape index (κ1) is 31.9. The number of amides is 2. The monoisotopic (exact) mass is 588 g/mol. The molecule has 0 saturated carbocycles. The van der Waals surface area contributed by atoms with Crippen LogP contribution in [0.25, 0.3) is 0 Å². The second-order valence-electron chi connectivity index (χ2n) is 11.9. The lowest BCUT2D eigenvalue weighted by atomic mass is 9.72. The van der Waals surface area contributed by atoms with Gasteiger partial charge in [0.25, 0.3) is 5.69 Å². The highest BCUT2D eigenvalue weighted by Crippen LogP contribution is 2.39. The Morgan fingerprint density at radius 3 is 2.16 bits per heavy atom. The molecule has 3 N–H and O–H groups in total. The van der Waals surface area contributed by atoms with Crippen molar-refractivity contribution in [1.82, 2.24) is 25.8 Å². The fraction of sp³-hybridized carbons (Fsp3) is 0.455. The summed E-state index contributed by atoms with van der Waals surface area (Å²) in [5.41, 5.74) is 4.29. The normalized spacial score (nSPS) is 18.8. The van der Waals surface area contributed by atoms with Crippen LogP contribution < -0.4 is 16.0 Å². The molecule has 1 atom stereocenters. The molecule has 2 amide bonds. The number of likely N-dealkylation sites (N-methyl/N-ethyl adjacent to an activating group) is 2. The Hall–Kier alpha value is -4.02. The molecule has 0 spiro atoms. The van der Waals surface area contributed by atoms with E-state index in [1.165, 1.54) is 17.7 Å². The van der Waals surface area contributed by atoms with Crippen molar-refractivity contribution in [3.63, 3.8) is 0 Å². The number of carbonyl (C=O) groups is 2. The van der Waals surface area contributed by atoms with Crippen LogP contribution in [0.2, 0.25) is 0 Å². The van der Waals surface area contributed by atoms with Crippen molar-refractivity contribution in [2.75, 3.05) is 53.9 Å². The largest absolute Gasteiger partial charge is 0.362 e. The third-order valence-electron chi connectivity index (χ3n) is 8.67. The summed E-state index contributed by atoms with van der Waals surface area (Å²) in [5, 5.41) is 20.2. The fourth-order valence-electron chi connectivity index (χ4n) is 6.59. The average molecular weight is 589 g/mol. The van der Waals surface area contributed by atoms with Gasteiger partial charge in [-0.1, -0.05) is 42.5 Å². The summed E-state index contributed by atoms with van der Waals surface area (Å²) in [5.74, 6) is -1.22. The SMILES string of the molecule is CNC(=O)C1=C(C)NC(C)=C(C(=O)NCCCN2CCC(CN(C)C)(c3ccccc3)CC2)C1c1ccc([N+](=O)[O-])cc1. The van der Waals surface area contributed by atoms with Crippen LogP contribution >= 0.6 is 0 Å². The molecule has 1 saturated heterocycles. The number of allylic oxidation sites excluding steroid dienone is 2. The number of hydrogen-bond acceptors (Lipinski definition) is 7. The molecular formula is C33H44N6O4. The van der Waals surface area contributed by atoms with Gasteiger partial charge in [-0.15, -0.1) is 0 Å². The highest BCUT2D eigenvalue weighted by molar-refractivity contribution is 6.03. The zero-order chi connectivity index (χ0) is 31.1. The number of rotatable bonds is 11. The van der Waals surface area contributed by atoms with Crippen LogP contribution in [0, 0.1) is 10.1 Å². The molecule has 4 rings (SSSR count). The van der Waals surface area contributed by atoms with Gasteiger partial charge in [-0.2, -0.15) is 0 Å². The molecule has 0 bridgehead atoms. The van der Waals surface area contributed by atoms with Gasteiger partial charge in [0.1, 0.15) is 0 Å². The third-order valence-corrected chi connectivity index (χ3v) is 8.67. The van der Waals surface area contributed by atoms with Crippen LogP contribution in [0.5, 0.6) is 0 Å². The van der Waals surface area contributed by atoms with Crippen molar-refractivity contribution in [3.8, 4) is 0 Å². The van der Waals surface area contributed by atoms with E-state index in [1.807, 2.05) is 6.92 Å². The van der Waals surface area contributed by atoms with E-state index < -0.39 is 10.8 Å². The van der Waals surface area contributed by atoms with E-state index >= 15 is 0 Å². The molecule has 0 aliphatic carbocycles. The van der Waals surface area contributed by atoms with Gasteiger partial charge in [-0.25, -0.2) is 0 Å². The van der Waals surface area contributed by atoms with Crippen molar-refractivity contribution in [3.05, 3.63) is 98.4 Å². The van der Waals surface area contributed by atoms with Crippen LogP contribution in [0.1, 0.15) is 50.2 Å². The number of dihydropyridines is 1. The first-order valence-corrected chi connectivity index (χ1v) is 14.9. The Balaban J connectivity index is 1.40. The number of nitro benzene ring substituents is 1. The average Bonchev–Trinajstić information content (AvgIpc) is 2.99. The minimum atomic E-state index is -0.660. The predicted molar refractivity (Wildman–Crippen MR) is 168 cm³/mol. The van der Waals surface area contributed by atoms with Gasteiger partial charge in [0.2, 0.25) is 11.8 Å². The first-order chi connectivity index (χ1) is 20.6. The van der Waals surface area contributed by atoms with Gasteiger partial charge in [-0.05, 0) is 78.0 Å². The summed E-state index contributed by atoms with van der Waals surface area (Å²) >= 11 is 0. The summed E-state index contributed by atoms with van der Waals surface area (Å²) in [4.78, 5) is 42.1. The Labute approximate surface area is 254 Å². The molecule has 2 heterocycles. The standard InChI is InChI=1S/C33H44N6O4/c1-23-28(31(40)34-3)30(25-12-14-27(15-13-25)39(42)43)29(24(2)36-23)32(41)35-18-9-19-38-20-16-33(17-21-38,22-37(4)5)26-10-7-6-8-11-26/h6-8,10-15,30,36H,9,16-22H2,1-5H3,(H,34,40)(H,35,41). The Morgan fingerprint density at radius 2 is 1.60 bits per heavy atom. The molecule has 2 aliphatic heterocycles. The number of carbonyl (C=O) groups excluding carboxylic acids is 2. The smallest absolute Gasteiger partial charge is 0.269 e. The summed E-state index contributed by atoms with van der Waals surface area (Å²) < 4.78 is 0. The minimum absolute atomic E-state index is 0.0491. The quantitative estimate of drug-likeness (QED) is 0.208. The number of nitrogens with one attached hydrogen (secondary N) is 3. The van der Waals surface area contributed by atoms with Gasteiger partial charge in [0, 0.05) is 66.1 Å². The first-order valence-electron chi connectivity index (χ1n) is 14.9. The topological polar surface area (TPSA) is 120 Å². The number of piperidine rings is 1. The van der Waals surface area contributed by atoms with Crippen molar-refractivity contribution >= 4 is 17.5 Å². The van der Waals surface area contributed by atoms with E-state index in [0.29, 0.717) is 34.6 Å². The molecule has 2 aromatic rings. The van der Waals surface area contributed by atoms with E-state index in [-0.39, 0.29) is 22.9 Å².